The van der Waals surface area contributed by atoms with E-state index >= 15 is 0 Å². The quantitative estimate of drug-likeness (QED) is 0.110. The topological polar surface area (TPSA) is 150 Å². The van der Waals surface area contributed by atoms with Crippen LogP contribution in [-0.4, -0.2) is 147 Å². The van der Waals surface area contributed by atoms with Crippen molar-refractivity contribution in [3.63, 3.8) is 0 Å². The van der Waals surface area contributed by atoms with Crippen LogP contribution in [0.25, 0.3) is 0 Å². The summed E-state index contributed by atoms with van der Waals surface area (Å²) in [6.07, 6.45) is -0.459. The second-order valence-corrected chi connectivity index (χ2v) is 10.6. The molecular formula is C31H50N2O12. The van der Waals surface area contributed by atoms with Crippen molar-refractivity contribution >= 4 is 17.9 Å². The lowest BCUT2D eigenvalue weighted by Crippen LogP contribution is -2.34. The smallest absolute Gasteiger partial charge is 0.407 e. The maximum absolute atomic E-state index is 12.3. The molecule has 2 rings (SSSR count). The highest BCUT2D eigenvalue weighted by Gasteiger charge is 2.34. The Morgan fingerprint density at radius 1 is 0.578 bits per heavy atom. The molecule has 1 N–H and O–H groups in total. The van der Waals surface area contributed by atoms with E-state index in [0.717, 1.165) is 0 Å². The highest BCUT2D eigenvalue weighted by Crippen LogP contribution is 2.21. The molecule has 0 aliphatic carbocycles. The fraction of sp³-hybridized carbons (Fsp3) is 0.710. The molecule has 1 aliphatic heterocycles. The van der Waals surface area contributed by atoms with Crippen LogP contribution in [0.4, 0.5) is 4.79 Å². The Labute approximate surface area is 265 Å². The SMILES string of the molecule is CC(C)(C)OC(=O)NCCOCCOCCOCCOCCOCCOCCOCCOCCN1C(=O)c2ccccc2C1=O. The Morgan fingerprint density at radius 2 is 0.911 bits per heavy atom. The number of nitrogens with zero attached hydrogens (tertiary/aromatic N) is 1. The van der Waals surface area contributed by atoms with Gasteiger partial charge in [0.2, 0.25) is 0 Å². The lowest BCUT2D eigenvalue weighted by Gasteiger charge is -2.19. The van der Waals surface area contributed by atoms with E-state index in [1.54, 1.807) is 24.3 Å². The van der Waals surface area contributed by atoms with Crippen molar-refractivity contribution in [2.75, 3.05) is 119 Å². The Bertz CT molecular complexity index is 937. The fourth-order valence-electron chi connectivity index (χ4n) is 3.78. The average Bonchev–Trinajstić information content (AvgIpc) is 3.24. The number of hydrogen-bond donors (Lipinski definition) is 1. The van der Waals surface area contributed by atoms with Gasteiger partial charge < -0.3 is 47.9 Å². The summed E-state index contributed by atoms with van der Waals surface area (Å²) in [4.78, 5) is 37.3. The summed E-state index contributed by atoms with van der Waals surface area (Å²) >= 11 is 0. The van der Waals surface area contributed by atoms with Gasteiger partial charge in [-0.25, -0.2) is 4.79 Å². The molecule has 1 aliphatic rings. The molecule has 14 nitrogen and oxygen atoms in total. The van der Waals surface area contributed by atoms with Gasteiger partial charge in [-0.1, -0.05) is 12.1 Å². The zero-order chi connectivity index (χ0) is 32.6. The molecule has 0 saturated carbocycles. The second-order valence-electron chi connectivity index (χ2n) is 10.6. The largest absolute Gasteiger partial charge is 0.444 e. The molecule has 0 fully saturated rings. The molecule has 0 radical (unpaired) electrons. The Kier molecular flexibility index (Phi) is 20.2. The summed E-state index contributed by atoms with van der Waals surface area (Å²) in [5.41, 5.74) is 0.360. The first-order valence-electron chi connectivity index (χ1n) is 15.3. The van der Waals surface area contributed by atoms with Crippen molar-refractivity contribution in [1.82, 2.24) is 10.2 Å². The van der Waals surface area contributed by atoms with Crippen molar-refractivity contribution in [2.45, 2.75) is 26.4 Å². The van der Waals surface area contributed by atoms with Crippen LogP contribution >= 0.6 is 0 Å². The lowest BCUT2D eigenvalue weighted by molar-refractivity contribution is -0.0232. The second kappa shape index (κ2) is 23.6. The minimum absolute atomic E-state index is 0.211. The first-order chi connectivity index (χ1) is 21.8. The molecule has 0 spiro atoms. The van der Waals surface area contributed by atoms with Crippen LogP contribution in [0.15, 0.2) is 24.3 Å². The number of fused-ring (bicyclic) bond motifs is 1. The van der Waals surface area contributed by atoms with Gasteiger partial charge in [0, 0.05) is 6.54 Å². The summed E-state index contributed by atoms with van der Waals surface area (Å²) in [6, 6.07) is 6.80. The van der Waals surface area contributed by atoms with Crippen LogP contribution in [0.3, 0.4) is 0 Å². The van der Waals surface area contributed by atoms with Crippen LogP contribution < -0.4 is 5.32 Å². The summed E-state index contributed by atoms with van der Waals surface area (Å²) in [6.45, 7) is 12.9. The lowest BCUT2D eigenvalue weighted by atomic mass is 10.1. The predicted octanol–water partition coefficient (Wildman–Crippen LogP) is 1.94. The molecule has 0 aromatic heterocycles. The molecule has 0 saturated heterocycles. The molecule has 1 aromatic rings. The van der Waals surface area contributed by atoms with E-state index in [1.807, 2.05) is 20.8 Å². The molecule has 0 unspecified atom stereocenters. The summed E-state index contributed by atoms with van der Waals surface area (Å²) in [5, 5.41) is 2.62. The zero-order valence-electron chi connectivity index (χ0n) is 26.9. The van der Waals surface area contributed by atoms with Crippen molar-refractivity contribution in [1.29, 1.82) is 0 Å². The van der Waals surface area contributed by atoms with Crippen LogP contribution in [-0.2, 0) is 42.6 Å². The molecule has 1 heterocycles. The van der Waals surface area contributed by atoms with Crippen LogP contribution in [0, 0.1) is 0 Å². The first-order valence-corrected chi connectivity index (χ1v) is 15.3. The number of rotatable bonds is 27. The third-order valence-electron chi connectivity index (χ3n) is 5.86. The van der Waals surface area contributed by atoms with Crippen LogP contribution in [0.2, 0.25) is 0 Å². The third kappa shape index (κ3) is 18.1. The van der Waals surface area contributed by atoms with E-state index < -0.39 is 11.7 Å². The highest BCUT2D eigenvalue weighted by atomic mass is 16.6. The van der Waals surface area contributed by atoms with E-state index in [0.29, 0.717) is 117 Å². The molecule has 3 amide bonds. The maximum atomic E-state index is 12.3. The number of hydrogen-bond acceptors (Lipinski definition) is 12. The molecule has 0 bridgehead atoms. The first kappa shape index (κ1) is 38.5. The van der Waals surface area contributed by atoms with Gasteiger partial charge in [-0.2, -0.15) is 0 Å². The van der Waals surface area contributed by atoms with Gasteiger partial charge in [-0.3, -0.25) is 14.5 Å². The van der Waals surface area contributed by atoms with Crippen molar-refractivity contribution in [2.24, 2.45) is 0 Å². The monoisotopic (exact) mass is 642 g/mol. The van der Waals surface area contributed by atoms with E-state index in [1.165, 1.54) is 4.90 Å². The molecule has 256 valence electrons. The van der Waals surface area contributed by atoms with Crippen LogP contribution in [0.1, 0.15) is 41.5 Å². The summed E-state index contributed by atoms with van der Waals surface area (Å²) < 4.78 is 48.7. The van der Waals surface area contributed by atoms with E-state index in [4.69, 9.17) is 42.6 Å². The normalized spacial score (nSPS) is 13.0. The van der Waals surface area contributed by atoms with Gasteiger partial charge in [0.25, 0.3) is 11.8 Å². The number of carbonyl (C=O) groups excluding carboxylic acids is 3. The van der Waals surface area contributed by atoms with Gasteiger partial charge >= 0.3 is 6.09 Å². The van der Waals surface area contributed by atoms with E-state index in [9.17, 15) is 14.4 Å². The zero-order valence-corrected chi connectivity index (χ0v) is 26.9. The molecule has 1 aromatic carbocycles. The summed E-state index contributed by atoms with van der Waals surface area (Å²) in [7, 11) is 0. The van der Waals surface area contributed by atoms with Crippen molar-refractivity contribution in [3.8, 4) is 0 Å². The predicted molar refractivity (Wildman–Crippen MR) is 163 cm³/mol. The Balaban J connectivity index is 1.21. The highest BCUT2D eigenvalue weighted by molar-refractivity contribution is 6.21. The number of amides is 3. The minimum Gasteiger partial charge on any atom is -0.444 e. The van der Waals surface area contributed by atoms with Crippen LogP contribution in [0.5, 0.6) is 0 Å². The fourth-order valence-corrected chi connectivity index (χ4v) is 3.78. The van der Waals surface area contributed by atoms with Gasteiger partial charge in [0.1, 0.15) is 5.60 Å². The van der Waals surface area contributed by atoms with Gasteiger partial charge in [0.05, 0.1) is 123 Å². The number of alkyl carbamates (subject to hydrolysis) is 1. The molecule has 0 atom stereocenters. The van der Waals surface area contributed by atoms with Gasteiger partial charge in [0.15, 0.2) is 0 Å². The minimum atomic E-state index is -0.517. The van der Waals surface area contributed by atoms with E-state index in [2.05, 4.69) is 5.32 Å². The summed E-state index contributed by atoms with van der Waals surface area (Å²) in [5.74, 6) is -0.562. The van der Waals surface area contributed by atoms with Gasteiger partial charge in [-0.05, 0) is 32.9 Å². The Hall–Kier alpha value is -2.69. The van der Waals surface area contributed by atoms with Gasteiger partial charge in [-0.15, -0.1) is 0 Å². The number of nitrogens with one attached hydrogen (secondary N) is 1. The molecule has 45 heavy (non-hydrogen) atoms. The van der Waals surface area contributed by atoms with Crippen molar-refractivity contribution < 1.29 is 57.0 Å². The average molecular weight is 643 g/mol. The molecular weight excluding hydrogens is 592 g/mol. The molecule has 14 heteroatoms. The Morgan fingerprint density at radius 3 is 1.27 bits per heavy atom. The number of imide groups is 1. The van der Waals surface area contributed by atoms with E-state index in [-0.39, 0.29) is 25.0 Å². The number of benzene rings is 1. The standard InChI is InChI=1S/C31H50N2O12/c1-31(2,3)45-30(36)32-8-10-37-12-14-39-16-18-41-20-22-43-24-25-44-23-21-42-19-17-40-15-13-38-11-9-33-28(34)26-6-4-5-7-27(26)29(33)35/h4-7H,8-25H2,1-3H3,(H,32,36). The van der Waals surface area contributed by atoms with Crippen molar-refractivity contribution in [3.05, 3.63) is 35.4 Å². The number of carbonyl (C=O) groups is 3. The maximum Gasteiger partial charge on any atom is 0.407 e. The number of ether oxygens (including phenoxy) is 9. The third-order valence-corrected chi connectivity index (χ3v) is 5.86.